The smallest absolute Gasteiger partial charge is 0.323 e. The number of carboxylic acid groups (broad SMARTS) is 1. The number of carbonyl (C=O) groups excluding carboxylic acids is 1. The number of aromatic hydroxyl groups is 1. The Morgan fingerprint density at radius 1 is 1.31 bits per heavy atom. The molecule has 0 saturated carbocycles. The summed E-state index contributed by atoms with van der Waals surface area (Å²) in [4.78, 5) is 22.9. The number of hydrogen-bond acceptors (Lipinski definition) is 3. The minimum absolute atomic E-state index is 0.0548. The molecule has 1 aromatic carbocycles. The van der Waals surface area contributed by atoms with Crippen LogP contribution in [0.4, 0.5) is 0 Å². The van der Waals surface area contributed by atoms with Gasteiger partial charge in [-0.1, -0.05) is 18.2 Å². The maximum atomic E-state index is 11.2. The average molecular weight is 223 g/mol. The maximum absolute atomic E-state index is 11.2. The van der Waals surface area contributed by atoms with E-state index in [1.54, 1.807) is 18.2 Å². The van der Waals surface area contributed by atoms with Crippen molar-refractivity contribution in [3.05, 3.63) is 29.8 Å². The molecule has 1 amide bonds. The molecule has 0 aromatic heterocycles. The molecule has 86 valence electrons. The van der Waals surface area contributed by atoms with E-state index in [2.05, 4.69) is 0 Å². The molecule has 2 N–H and O–H groups in total. The van der Waals surface area contributed by atoms with Crippen molar-refractivity contribution in [2.75, 3.05) is 6.54 Å². The summed E-state index contributed by atoms with van der Waals surface area (Å²) in [5.41, 5.74) is 0.527. The highest BCUT2D eigenvalue weighted by Crippen LogP contribution is 2.17. The molecule has 16 heavy (non-hydrogen) atoms. The minimum Gasteiger partial charge on any atom is -0.508 e. The van der Waals surface area contributed by atoms with Crippen molar-refractivity contribution in [3.8, 4) is 5.75 Å². The standard InChI is InChI=1S/C11H13NO4/c1-8(13)12(7-11(15)16)6-9-4-2-3-5-10(9)14/h2-5,14H,6-7H2,1H3,(H,15,16). The summed E-state index contributed by atoms with van der Waals surface area (Å²) in [6, 6.07) is 6.52. The Balaban J connectivity index is 2.80. The Morgan fingerprint density at radius 2 is 1.94 bits per heavy atom. The first-order valence-electron chi connectivity index (χ1n) is 4.75. The second kappa shape index (κ2) is 5.16. The molecule has 0 fully saturated rings. The van der Waals surface area contributed by atoms with Crippen LogP contribution in [0.5, 0.6) is 5.75 Å². The first-order chi connectivity index (χ1) is 7.50. The van der Waals surface area contributed by atoms with Crippen molar-refractivity contribution in [1.82, 2.24) is 4.90 Å². The number of phenolic OH excluding ortho intramolecular Hbond substituents is 1. The largest absolute Gasteiger partial charge is 0.508 e. The normalized spacial score (nSPS) is 9.81. The highest BCUT2D eigenvalue weighted by atomic mass is 16.4. The Kier molecular flexibility index (Phi) is 3.88. The fourth-order valence-electron chi connectivity index (χ4n) is 1.29. The molecule has 0 aliphatic carbocycles. The van der Waals surface area contributed by atoms with Gasteiger partial charge in [0.15, 0.2) is 0 Å². The number of para-hydroxylation sites is 1. The van der Waals surface area contributed by atoms with Crippen LogP contribution in [0.25, 0.3) is 0 Å². The van der Waals surface area contributed by atoms with E-state index in [0.717, 1.165) is 4.90 Å². The van der Waals surface area contributed by atoms with Gasteiger partial charge in [0, 0.05) is 19.0 Å². The molecule has 1 aromatic rings. The Hall–Kier alpha value is -2.04. The van der Waals surface area contributed by atoms with Crippen LogP contribution in [0.2, 0.25) is 0 Å². The third-order valence-electron chi connectivity index (χ3n) is 2.12. The molecule has 0 unspecified atom stereocenters. The van der Waals surface area contributed by atoms with E-state index < -0.39 is 5.97 Å². The van der Waals surface area contributed by atoms with E-state index in [-0.39, 0.29) is 24.7 Å². The molecular weight excluding hydrogens is 210 g/mol. The van der Waals surface area contributed by atoms with Gasteiger partial charge in [-0.3, -0.25) is 9.59 Å². The SMILES string of the molecule is CC(=O)N(CC(=O)O)Cc1ccccc1O. The van der Waals surface area contributed by atoms with E-state index in [4.69, 9.17) is 5.11 Å². The van der Waals surface area contributed by atoms with Crippen LogP contribution in [-0.2, 0) is 16.1 Å². The Morgan fingerprint density at radius 3 is 2.44 bits per heavy atom. The number of phenols is 1. The van der Waals surface area contributed by atoms with E-state index >= 15 is 0 Å². The van der Waals surface area contributed by atoms with Gasteiger partial charge in [0.25, 0.3) is 0 Å². The molecule has 0 aliphatic heterocycles. The highest BCUT2D eigenvalue weighted by molar-refractivity contribution is 5.79. The molecule has 0 radical (unpaired) electrons. The lowest BCUT2D eigenvalue weighted by Crippen LogP contribution is -2.33. The van der Waals surface area contributed by atoms with Crippen molar-refractivity contribution in [1.29, 1.82) is 0 Å². The molecule has 0 bridgehead atoms. The van der Waals surface area contributed by atoms with Gasteiger partial charge in [0.1, 0.15) is 12.3 Å². The van der Waals surface area contributed by atoms with Crippen molar-refractivity contribution in [3.63, 3.8) is 0 Å². The summed E-state index contributed by atoms with van der Waals surface area (Å²) in [6.45, 7) is 1.01. The predicted octanol–water partition coefficient (Wildman–Crippen LogP) is 0.825. The quantitative estimate of drug-likeness (QED) is 0.792. The summed E-state index contributed by atoms with van der Waals surface area (Å²) in [6.07, 6.45) is 0. The number of benzene rings is 1. The van der Waals surface area contributed by atoms with Crippen LogP contribution in [0, 0.1) is 0 Å². The predicted molar refractivity (Wildman–Crippen MR) is 56.8 cm³/mol. The van der Waals surface area contributed by atoms with Gasteiger partial charge >= 0.3 is 5.97 Å². The first-order valence-corrected chi connectivity index (χ1v) is 4.75. The van der Waals surface area contributed by atoms with Gasteiger partial charge in [-0.2, -0.15) is 0 Å². The summed E-state index contributed by atoms with van der Waals surface area (Å²) in [7, 11) is 0. The molecular formula is C11H13NO4. The number of hydrogen-bond donors (Lipinski definition) is 2. The lowest BCUT2D eigenvalue weighted by molar-refractivity contribution is -0.144. The summed E-state index contributed by atoms with van der Waals surface area (Å²) < 4.78 is 0. The molecule has 1 rings (SSSR count). The zero-order valence-corrected chi connectivity index (χ0v) is 8.88. The van der Waals surface area contributed by atoms with E-state index in [1.165, 1.54) is 13.0 Å². The fourth-order valence-corrected chi connectivity index (χ4v) is 1.29. The number of rotatable bonds is 4. The van der Waals surface area contributed by atoms with Gasteiger partial charge in [0.2, 0.25) is 5.91 Å². The summed E-state index contributed by atoms with van der Waals surface area (Å²) in [5, 5.41) is 18.1. The van der Waals surface area contributed by atoms with Crippen LogP contribution < -0.4 is 0 Å². The molecule has 5 heteroatoms. The third-order valence-corrected chi connectivity index (χ3v) is 2.12. The second-order valence-corrected chi connectivity index (χ2v) is 3.40. The summed E-state index contributed by atoms with van der Waals surface area (Å²) in [5.74, 6) is -1.37. The lowest BCUT2D eigenvalue weighted by atomic mass is 10.2. The molecule has 0 heterocycles. The van der Waals surface area contributed by atoms with Crippen molar-refractivity contribution >= 4 is 11.9 Å². The number of carbonyl (C=O) groups is 2. The average Bonchev–Trinajstić information content (AvgIpc) is 2.19. The fraction of sp³-hybridized carbons (Fsp3) is 0.273. The Bertz CT molecular complexity index is 403. The van der Waals surface area contributed by atoms with Crippen molar-refractivity contribution in [2.24, 2.45) is 0 Å². The zero-order valence-electron chi connectivity index (χ0n) is 8.88. The zero-order chi connectivity index (χ0) is 12.1. The number of carboxylic acids is 1. The van der Waals surface area contributed by atoms with Gasteiger partial charge in [-0.25, -0.2) is 0 Å². The molecule has 0 atom stereocenters. The number of nitrogens with zero attached hydrogens (tertiary/aromatic N) is 1. The van der Waals surface area contributed by atoms with Crippen molar-refractivity contribution < 1.29 is 19.8 Å². The minimum atomic E-state index is -1.08. The Labute approximate surface area is 92.9 Å². The van der Waals surface area contributed by atoms with Gasteiger partial charge in [-0.05, 0) is 6.07 Å². The number of aliphatic carboxylic acids is 1. The first kappa shape index (κ1) is 12.0. The molecule has 0 spiro atoms. The monoisotopic (exact) mass is 223 g/mol. The van der Waals surface area contributed by atoms with Gasteiger partial charge in [0.05, 0.1) is 0 Å². The second-order valence-electron chi connectivity index (χ2n) is 3.40. The molecule has 5 nitrogen and oxygen atoms in total. The van der Waals surface area contributed by atoms with Crippen LogP contribution in [-0.4, -0.2) is 33.5 Å². The topological polar surface area (TPSA) is 77.8 Å². The van der Waals surface area contributed by atoms with E-state index in [0.29, 0.717) is 5.56 Å². The van der Waals surface area contributed by atoms with Crippen LogP contribution in [0.1, 0.15) is 12.5 Å². The summed E-state index contributed by atoms with van der Waals surface area (Å²) >= 11 is 0. The van der Waals surface area contributed by atoms with Crippen LogP contribution in [0.15, 0.2) is 24.3 Å². The van der Waals surface area contributed by atoms with E-state index in [9.17, 15) is 14.7 Å². The van der Waals surface area contributed by atoms with Crippen LogP contribution >= 0.6 is 0 Å². The maximum Gasteiger partial charge on any atom is 0.323 e. The van der Waals surface area contributed by atoms with Gasteiger partial charge in [-0.15, -0.1) is 0 Å². The van der Waals surface area contributed by atoms with Gasteiger partial charge < -0.3 is 15.1 Å². The lowest BCUT2D eigenvalue weighted by Gasteiger charge is -2.19. The van der Waals surface area contributed by atoms with E-state index in [1.807, 2.05) is 0 Å². The third kappa shape index (κ3) is 3.27. The van der Waals surface area contributed by atoms with Crippen LogP contribution in [0.3, 0.4) is 0 Å². The highest BCUT2D eigenvalue weighted by Gasteiger charge is 2.14. The van der Waals surface area contributed by atoms with Crippen molar-refractivity contribution in [2.45, 2.75) is 13.5 Å². The molecule has 0 aliphatic rings. The number of amides is 1. The molecule has 0 saturated heterocycles.